The molecule has 34 heavy (non-hydrogen) atoms. The molecule has 1 heterocycles. The normalized spacial score (nSPS) is 21.0. The van der Waals surface area contributed by atoms with Crippen LogP contribution in [0.1, 0.15) is 48.1 Å². The Hall–Kier alpha value is -3.11. The minimum atomic E-state index is 0.0242. The van der Waals surface area contributed by atoms with Crippen molar-refractivity contribution in [1.29, 1.82) is 0 Å². The van der Waals surface area contributed by atoms with E-state index in [2.05, 4.69) is 79.0 Å². The quantitative estimate of drug-likeness (QED) is 0.434. The number of aryl methyl sites for hydroxylation is 1. The van der Waals surface area contributed by atoms with E-state index >= 15 is 0 Å². The van der Waals surface area contributed by atoms with E-state index in [-0.39, 0.29) is 11.9 Å². The Labute approximate surface area is 204 Å². The third-order valence-corrected chi connectivity index (χ3v) is 7.25. The highest BCUT2D eigenvalue weighted by atomic mass is 16.5. The lowest BCUT2D eigenvalue weighted by Crippen LogP contribution is -2.53. The first kappa shape index (κ1) is 24.0. The number of benzene rings is 3. The van der Waals surface area contributed by atoms with Crippen LogP contribution in [-0.2, 0) is 17.9 Å². The summed E-state index contributed by atoms with van der Waals surface area (Å²) in [6.07, 6.45) is 2.16. The van der Waals surface area contributed by atoms with E-state index in [0.717, 1.165) is 54.8 Å². The fourth-order valence-corrected chi connectivity index (χ4v) is 5.40. The fraction of sp³-hybridized carbons (Fsp3) is 0.367. The molecule has 4 nitrogen and oxygen atoms in total. The predicted octanol–water partition coefficient (Wildman–Crippen LogP) is 5.81. The molecule has 1 saturated heterocycles. The third-order valence-electron chi connectivity index (χ3n) is 7.25. The van der Waals surface area contributed by atoms with Gasteiger partial charge in [-0.3, -0.25) is 4.79 Å². The number of amides is 1. The van der Waals surface area contributed by atoms with Gasteiger partial charge in [0, 0.05) is 30.9 Å². The minimum Gasteiger partial charge on any atom is -0.497 e. The molecule has 3 aromatic carbocycles. The number of rotatable bonds is 8. The van der Waals surface area contributed by atoms with Crippen molar-refractivity contribution in [2.24, 2.45) is 5.92 Å². The van der Waals surface area contributed by atoms with Crippen molar-refractivity contribution in [1.82, 2.24) is 5.32 Å². The zero-order valence-corrected chi connectivity index (χ0v) is 20.7. The number of carbonyl (C=O) groups is 1. The van der Waals surface area contributed by atoms with Gasteiger partial charge in [-0.2, -0.15) is 0 Å². The van der Waals surface area contributed by atoms with Gasteiger partial charge in [-0.25, -0.2) is 0 Å². The van der Waals surface area contributed by atoms with Crippen LogP contribution in [-0.4, -0.2) is 30.6 Å². The molecule has 4 heteroatoms. The molecule has 0 saturated carbocycles. The molecule has 1 amide bonds. The average molecular weight is 458 g/mol. The van der Waals surface area contributed by atoms with Crippen LogP contribution >= 0.6 is 0 Å². The first-order valence-corrected chi connectivity index (χ1v) is 12.3. The Morgan fingerprint density at radius 3 is 2.06 bits per heavy atom. The van der Waals surface area contributed by atoms with Crippen LogP contribution < -0.4 is 10.1 Å². The van der Waals surface area contributed by atoms with Gasteiger partial charge in [0.15, 0.2) is 0 Å². The summed E-state index contributed by atoms with van der Waals surface area (Å²) in [7, 11) is 1.68. The minimum absolute atomic E-state index is 0.0242. The topological polar surface area (TPSA) is 38.3 Å². The summed E-state index contributed by atoms with van der Waals surface area (Å²) in [5.74, 6) is 1.28. The zero-order chi connectivity index (χ0) is 24.0. The molecule has 1 N–H and O–H groups in total. The Bertz CT molecular complexity index is 1050. The molecule has 0 aliphatic carbocycles. The predicted molar refractivity (Wildman–Crippen MR) is 137 cm³/mol. The molecule has 0 radical (unpaired) electrons. The van der Waals surface area contributed by atoms with Crippen molar-refractivity contribution >= 4 is 5.91 Å². The van der Waals surface area contributed by atoms with E-state index < -0.39 is 0 Å². The van der Waals surface area contributed by atoms with Crippen molar-refractivity contribution in [2.75, 3.05) is 20.2 Å². The van der Waals surface area contributed by atoms with Crippen molar-refractivity contribution in [3.05, 3.63) is 101 Å². The maximum atomic E-state index is 12.1. The van der Waals surface area contributed by atoms with Crippen LogP contribution in [0, 0.1) is 12.8 Å². The monoisotopic (exact) mass is 457 g/mol. The Morgan fingerprint density at radius 2 is 1.50 bits per heavy atom. The van der Waals surface area contributed by atoms with Crippen molar-refractivity contribution in [3.63, 3.8) is 0 Å². The first-order valence-electron chi connectivity index (χ1n) is 12.3. The van der Waals surface area contributed by atoms with Gasteiger partial charge < -0.3 is 14.5 Å². The van der Waals surface area contributed by atoms with E-state index in [1.54, 1.807) is 14.0 Å². The van der Waals surface area contributed by atoms with Gasteiger partial charge in [-0.1, -0.05) is 72.3 Å². The zero-order valence-electron chi connectivity index (χ0n) is 20.7. The second kappa shape index (κ2) is 10.9. The summed E-state index contributed by atoms with van der Waals surface area (Å²) < 4.78 is 6.39. The van der Waals surface area contributed by atoms with Crippen LogP contribution in [0.5, 0.6) is 5.75 Å². The molecule has 4 rings (SSSR count). The molecule has 0 spiro atoms. The smallest absolute Gasteiger partial charge is 0.217 e. The summed E-state index contributed by atoms with van der Waals surface area (Å²) in [6.45, 7) is 8.03. The molecule has 0 bridgehead atoms. The second-order valence-corrected chi connectivity index (χ2v) is 9.87. The molecule has 3 aromatic rings. The Balaban J connectivity index is 1.55. The summed E-state index contributed by atoms with van der Waals surface area (Å²) in [5, 5.41) is 3.25. The molecule has 1 aliphatic heterocycles. The van der Waals surface area contributed by atoms with E-state index in [4.69, 9.17) is 4.74 Å². The van der Waals surface area contributed by atoms with Crippen LogP contribution in [0.15, 0.2) is 78.9 Å². The molecule has 1 unspecified atom stereocenters. The molecule has 1 fully saturated rings. The van der Waals surface area contributed by atoms with Crippen LogP contribution in [0.2, 0.25) is 0 Å². The molecule has 0 aromatic heterocycles. The lowest BCUT2D eigenvalue weighted by atomic mass is 9.83. The number of methoxy groups -OCH3 is 1. The number of quaternary nitrogens is 1. The number of nitrogens with zero attached hydrogens (tertiary/aromatic N) is 1. The van der Waals surface area contributed by atoms with Crippen molar-refractivity contribution < 1.29 is 14.0 Å². The van der Waals surface area contributed by atoms with E-state index in [1.165, 1.54) is 16.7 Å². The summed E-state index contributed by atoms with van der Waals surface area (Å²) >= 11 is 0. The highest BCUT2D eigenvalue weighted by Gasteiger charge is 2.38. The lowest BCUT2D eigenvalue weighted by Gasteiger charge is -2.45. The lowest BCUT2D eigenvalue weighted by molar-refractivity contribution is -0.958. The van der Waals surface area contributed by atoms with Gasteiger partial charge in [0.2, 0.25) is 5.91 Å². The standard InChI is InChI=1S/C30H36N2O2/c1-23-9-11-26(12-10-23)22-32(21-25-7-5-4-6-8-25)19-17-28(18-20-32)30(31-24(2)33)27-13-15-29(34-3)16-14-27/h4-16,28,30H,17-22H2,1-3H3/p+1. The highest BCUT2D eigenvalue weighted by molar-refractivity contribution is 5.73. The maximum absolute atomic E-state index is 12.1. The first-order chi connectivity index (χ1) is 16.5. The number of hydrogen-bond acceptors (Lipinski definition) is 2. The van der Waals surface area contributed by atoms with Gasteiger partial charge >= 0.3 is 0 Å². The fourth-order valence-electron chi connectivity index (χ4n) is 5.40. The molecule has 1 atom stereocenters. The van der Waals surface area contributed by atoms with Gasteiger partial charge in [-0.15, -0.1) is 0 Å². The maximum Gasteiger partial charge on any atom is 0.217 e. The second-order valence-electron chi connectivity index (χ2n) is 9.87. The number of nitrogens with one attached hydrogen (secondary N) is 1. The molecular weight excluding hydrogens is 420 g/mol. The summed E-state index contributed by atoms with van der Waals surface area (Å²) in [5.41, 5.74) is 5.24. The number of piperidine rings is 1. The number of hydrogen-bond donors (Lipinski definition) is 1. The molecule has 1 aliphatic rings. The van der Waals surface area contributed by atoms with Gasteiger partial charge in [0.1, 0.15) is 18.8 Å². The third kappa shape index (κ3) is 6.06. The van der Waals surface area contributed by atoms with Crippen molar-refractivity contribution in [3.8, 4) is 5.75 Å². The van der Waals surface area contributed by atoms with Gasteiger partial charge in [-0.05, 0) is 30.5 Å². The summed E-state index contributed by atoms with van der Waals surface area (Å²) in [4.78, 5) is 12.1. The Morgan fingerprint density at radius 1 is 0.912 bits per heavy atom. The summed E-state index contributed by atoms with van der Waals surface area (Å²) in [6, 6.07) is 28.1. The van der Waals surface area contributed by atoms with Crippen LogP contribution in [0.25, 0.3) is 0 Å². The van der Waals surface area contributed by atoms with Crippen LogP contribution in [0.4, 0.5) is 0 Å². The largest absolute Gasteiger partial charge is 0.497 e. The Kier molecular flexibility index (Phi) is 7.69. The van der Waals surface area contributed by atoms with Gasteiger partial charge in [0.25, 0.3) is 0 Å². The SMILES string of the molecule is COc1ccc(C(NC(C)=O)C2CC[N+](Cc3ccccc3)(Cc3ccc(C)cc3)CC2)cc1. The van der Waals surface area contributed by atoms with E-state index in [0.29, 0.717) is 5.92 Å². The van der Waals surface area contributed by atoms with Crippen LogP contribution in [0.3, 0.4) is 0 Å². The van der Waals surface area contributed by atoms with Crippen molar-refractivity contribution in [2.45, 2.75) is 45.8 Å². The number of ether oxygens (including phenoxy) is 1. The molecular formula is C30H37N2O2+. The number of likely N-dealkylation sites (tertiary alicyclic amines) is 1. The molecule has 178 valence electrons. The van der Waals surface area contributed by atoms with Gasteiger partial charge in [0.05, 0.1) is 26.2 Å². The van der Waals surface area contributed by atoms with E-state index in [1.807, 2.05) is 12.1 Å². The number of carbonyl (C=O) groups excluding carboxylic acids is 1. The average Bonchev–Trinajstić information content (AvgIpc) is 2.85. The highest BCUT2D eigenvalue weighted by Crippen LogP contribution is 2.36. The van der Waals surface area contributed by atoms with E-state index in [9.17, 15) is 4.79 Å².